The minimum atomic E-state index is 0.0772. The molecule has 3 nitrogen and oxygen atoms in total. The van der Waals surface area contributed by atoms with E-state index in [1.165, 1.54) is 44.3 Å². The van der Waals surface area contributed by atoms with Crippen LogP contribution < -0.4 is 10.5 Å². The van der Waals surface area contributed by atoms with Crippen molar-refractivity contribution in [3.8, 4) is 5.75 Å². The molecular weight excluding hydrogens is 260 g/mol. The van der Waals surface area contributed by atoms with Crippen LogP contribution in [0.1, 0.15) is 44.2 Å². The normalized spacial score (nSPS) is 21.3. The topological polar surface area (TPSA) is 38.5 Å². The SMILES string of the molecule is COc1ccc(C(N)C(C)N(CC2CC2)CC2CC2)cc1. The van der Waals surface area contributed by atoms with Gasteiger partial charge in [-0.25, -0.2) is 0 Å². The second kappa shape index (κ2) is 6.37. The number of methoxy groups -OCH3 is 1. The van der Waals surface area contributed by atoms with Gasteiger partial charge in [0.25, 0.3) is 0 Å². The quantitative estimate of drug-likeness (QED) is 0.798. The van der Waals surface area contributed by atoms with Crippen LogP contribution in [-0.2, 0) is 0 Å². The maximum atomic E-state index is 6.54. The molecule has 0 aliphatic heterocycles. The molecule has 0 bridgehead atoms. The summed E-state index contributed by atoms with van der Waals surface area (Å²) in [4.78, 5) is 2.64. The van der Waals surface area contributed by atoms with Crippen molar-refractivity contribution >= 4 is 0 Å². The van der Waals surface area contributed by atoms with Crippen molar-refractivity contribution in [3.63, 3.8) is 0 Å². The van der Waals surface area contributed by atoms with Crippen LogP contribution in [0.3, 0.4) is 0 Å². The Morgan fingerprint density at radius 2 is 1.62 bits per heavy atom. The van der Waals surface area contributed by atoms with E-state index in [4.69, 9.17) is 10.5 Å². The van der Waals surface area contributed by atoms with Gasteiger partial charge in [-0.05, 0) is 62.1 Å². The highest BCUT2D eigenvalue weighted by Gasteiger charge is 2.33. The molecule has 2 fully saturated rings. The predicted molar refractivity (Wildman–Crippen MR) is 86.4 cm³/mol. The van der Waals surface area contributed by atoms with Gasteiger partial charge in [0.1, 0.15) is 5.75 Å². The lowest BCUT2D eigenvalue weighted by molar-refractivity contribution is 0.169. The molecule has 2 N–H and O–H groups in total. The summed E-state index contributed by atoms with van der Waals surface area (Å²) in [7, 11) is 1.70. The smallest absolute Gasteiger partial charge is 0.118 e. The van der Waals surface area contributed by atoms with Crippen molar-refractivity contribution in [1.82, 2.24) is 4.90 Å². The van der Waals surface area contributed by atoms with Gasteiger partial charge in [-0.1, -0.05) is 12.1 Å². The second-order valence-electron chi connectivity index (χ2n) is 6.88. The van der Waals surface area contributed by atoms with Crippen molar-refractivity contribution in [3.05, 3.63) is 29.8 Å². The molecule has 2 aliphatic carbocycles. The zero-order valence-electron chi connectivity index (χ0n) is 13.3. The number of nitrogens with zero attached hydrogens (tertiary/aromatic N) is 1. The molecule has 0 heterocycles. The van der Waals surface area contributed by atoms with E-state index in [1.807, 2.05) is 12.1 Å². The number of ether oxygens (including phenoxy) is 1. The highest BCUT2D eigenvalue weighted by Crippen LogP contribution is 2.35. The molecule has 2 unspecified atom stereocenters. The van der Waals surface area contributed by atoms with Crippen LogP contribution in [-0.4, -0.2) is 31.1 Å². The molecule has 3 heteroatoms. The molecule has 0 radical (unpaired) electrons. The van der Waals surface area contributed by atoms with E-state index < -0.39 is 0 Å². The van der Waals surface area contributed by atoms with E-state index in [0.717, 1.165) is 17.6 Å². The Labute approximate surface area is 128 Å². The number of hydrogen-bond donors (Lipinski definition) is 1. The first-order valence-electron chi connectivity index (χ1n) is 8.31. The molecule has 0 amide bonds. The van der Waals surface area contributed by atoms with E-state index in [9.17, 15) is 0 Å². The third-order valence-corrected chi connectivity index (χ3v) is 4.98. The zero-order valence-corrected chi connectivity index (χ0v) is 13.3. The Morgan fingerprint density at radius 1 is 1.10 bits per heavy atom. The first-order valence-corrected chi connectivity index (χ1v) is 8.31. The van der Waals surface area contributed by atoms with Crippen molar-refractivity contribution in [2.45, 2.75) is 44.7 Å². The number of benzene rings is 1. The Morgan fingerprint density at radius 3 is 2.05 bits per heavy atom. The highest BCUT2D eigenvalue weighted by atomic mass is 16.5. The molecule has 0 aromatic heterocycles. The van der Waals surface area contributed by atoms with Crippen LogP contribution in [0.25, 0.3) is 0 Å². The first-order chi connectivity index (χ1) is 10.2. The first kappa shape index (κ1) is 14.9. The summed E-state index contributed by atoms with van der Waals surface area (Å²) in [5, 5.41) is 0. The van der Waals surface area contributed by atoms with Crippen molar-refractivity contribution in [2.24, 2.45) is 17.6 Å². The van der Waals surface area contributed by atoms with Crippen LogP contribution in [0.15, 0.2) is 24.3 Å². The largest absolute Gasteiger partial charge is 0.497 e. The average molecular weight is 288 g/mol. The standard InChI is InChI=1S/C18H28N2O/c1-13(18(19)16-7-9-17(21-2)10-8-16)20(11-14-3-4-14)12-15-5-6-15/h7-10,13-15,18H,3-6,11-12,19H2,1-2H3. The van der Waals surface area contributed by atoms with E-state index in [1.54, 1.807) is 7.11 Å². The lowest BCUT2D eigenvalue weighted by atomic mass is 9.99. The zero-order chi connectivity index (χ0) is 14.8. The van der Waals surface area contributed by atoms with Gasteiger partial charge < -0.3 is 10.5 Å². The van der Waals surface area contributed by atoms with E-state index >= 15 is 0 Å². The molecule has 3 rings (SSSR count). The molecule has 1 aromatic carbocycles. The van der Waals surface area contributed by atoms with Gasteiger partial charge in [0, 0.05) is 25.2 Å². The minimum absolute atomic E-state index is 0.0772. The van der Waals surface area contributed by atoms with Crippen LogP contribution in [0.2, 0.25) is 0 Å². The monoisotopic (exact) mass is 288 g/mol. The predicted octanol–water partition coefficient (Wildman–Crippen LogP) is 3.21. The van der Waals surface area contributed by atoms with Gasteiger partial charge in [0.05, 0.1) is 7.11 Å². The molecule has 2 saturated carbocycles. The summed E-state index contributed by atoms with van der Waals surface area (Å²) in [6.45, 7) is 4.77. The highest BCUT2D eigenvalue weighted by molar-refractivity contribution is 5.29. The minimum Gasteiger partial charge on any atom is -0.497 e. The van der Waals surface area contributed by atoms with Crippen LogP contribution in [0, 0.1) is 11.8 Å². The fraction of sp³-hybridized carbons (Fsp3) is 0.667. The summed E-state index contributed by atoms with van der Waals surface area (Å²) in [5.74, 6) is 2.75. The van der Waals surface area contributed by atoms with Gasteiger partial charge >= 0.3 is 0 Å². The van der Waals surface area contributed by atoms with Crippen LogP contribution in [0.5, 0.6) is 5.75 Å². The third-order valence-electron chi connectivity index (χ3n) is 4.98. The third kappa shape index (κ3) is 3.98. The average Bonchev–Trinajstić information content (AvgIpc) is 3.41. The van der Waals surface area contributed by atoms with Gasteiger partial charge in [0.15, 0.2) is 0 Å². The van der Waals surface area contributed by atoms with Gasteiger partial charge in [-0.2, -0.15) is 0 Å². The van der Waals surface area contributed by atoms with Gasteiger partial charge in [0.2, 0.25) is 0 Å². The van der Waals surface area contributed by atoms with Crippen molar-refractivity contribution in [2.75, 3.05) is 20.2 Å². The fourth-order valence-corrected chi connectivity index (χ4v) is 3.00. The molecule has 1 aromatic rings. The molecule has 116 valence electrons. The van der Waals surface area contributed by atoms with E-state index in [0.29, 0.717) is 6.04 Å². The number of hydrogen-bond acceptors (Lipinski definition) is 3. The van der Waals surface area contributed by atoms with E-state index in [-0.39, 0.29) is 6.04 Å². The Balaban J connectivity index is 1.65. The summed E-state index contributed by atoms with van der Waals surface area (Å²) < 4.78 is 5.23. The summed E-state index contributed by atoms with van der Waals surface area (Å²) in [6, 6.07) is 8.70. The summed E-state index contributed by atoms with van der Waals surface area (Å²) >= 11 is 0. The van der Waals surface area contributed by atoms with E-state index in [2.05, 4.69) is 24.0 Å². The van der Waals surface area contributed by atoms with Crippen LogP contribution in [0.4, 0.5) is 0 Å². The Hall–Kier alpha value is -1.06. The molecule has 2 aliphatic rings. The van der Waals surface area contributed by atoms with Crippen LogP contribution >= 0.6 is 0 Å². The number of rotatable bonds is 8. The maximum absolute atomic E-state index is 6.54. The maximum Gasteiger partial charge on any atom is 0.118 e. The second-order valence-corrected chi connectivity index (χ2v) is 6.88. The summed E-state index contributed by atoms with van der Waals surface area (Å²) in [5.41, 5.74) is 7.75. The van der Waals surface area contributed by atoms with Gasteiger partial charge in [-0.15, -0.1) is 0 Å². The Bertz CT molecular complexity index is 437. The molecule has 0 spiro atoms. The summed E-state index contributed by atoms with van der Waals surface area (Å²) in [6.07, 6.45) is 5.63. The number of nitrogens with two attached hydrogens (primary N) is 1. The van der Waals surface area contributed by atoms with Crippen molar-refractivity contribution < 1.29 is 4.74 Å². The van der Waals surface area contributed by atoms with Crippen molar-refractivity contribution in [1.29, 1.82) is 0 Å². The molecule has 2 atom stereocenters. The molecular formula is C18H28N2O. The molecule has 0 saturated heterocycles. The Kier molecular flexibility index (Phi) is 4.51. The lowest BCUT2D eigenvalue weighted by Gasteiger charge is -2.33. The van der Waals surface area contributed by atoms with Gasteiger partial charge in [-0.3, -0.25) is 4.90 Å². The lowest BCUT2D eigenvalue weighted by Crippen LogP contribution is -2.43. The molecule has 21 heavy (non-hydrogen) atoms. The fourth-order valence-electron chi connectivity index (χ4n) is 3.00.